The van der Waals surface area contributed by atoms with Crippen molar-refractivity contribution in [1.29, 1.82) is 0 Å². The van der Waals surface area contributed by atoms with Crippen molar-refractivity contribution in [2.45, 2.75) is 45.4 Å². The number of piperidine rings is 1. The molecule has 0 atom stereocenters. The normalized spacial score (nSPS) is 18.6. The first-order valence-corrected chi connectivity index (χ1v) is 6.72. The molecule has 0 aromatic heterocycles. The van der Waals surface area contributed by atoms with Crippen LogP contribution in [0.1, 0.15) is 45.4 Å². The molecular formula is C13H28N2. The maximum atomic E-state index is 3.43. The number of hydrogen-bond acceptors (Lipinski definition) is 2. The number of rotatable bonds is 7. The Balaban J connectivity index is 1.97. The molecule has 15 heavy (non-hydrogen) atoms. The van der Waals surface area contributed by atoms with E-state index in [4.69, 9.17) is 0 Å². The summed E-state index contributed by atoms with van der Waals surface area (Å²) >= 11 is 0. The molecule has 1 saturated heterocycles. The predicted molar refractivity (Wildman–Crippen MR) is 67.2 cm³/mol. The van der Waals surface area contributed by atoms with Crippen LogP contribution in [0.5, 0.6) is 0 Å². The maximum absolute atomic E-state index is 3.43. The third-order valence-electron chi connectivity index (χ3n) is 3.52. The summed E-state index contributed by atoms with van der Waals surface area (Å²) in [5.74, 6) is 0.986. The van der Waals surface area contributed by atoms with E-state index in [1.54, 1.807) is 0 Å². The van der Waals surface area contributed by atoms with Crippen molar-refractivity contribution in [2.75, 3.05) is 33.2 Å². The van der Waals surface area contributed by atoms with E-state index in [0.717, 1.165) is 5.92 Å². The van der Waals surface area contributed by atoms with E-state index in [0.29, 0.717) is 0 Å². The second-order valence-electron chi connectivity index (χ2n) is 4.99. The molecule has 0 saturated carbocycles. The van der Waals surface area contributed by atoms with Crippen LogP contribution in [0, 0.1) is 5.92 Å². The summed E-state index contributed by atoms with van der Waals surface area (Å²) in [5.41, 5.74) is 0. The van der Waals surface area contributed by atoms with Crippen molar-refractivity contribution < 1.29 is 0 Å². The van der Waals surface area contributed by atoms with Gasteiger partial charge in [-0.2, -0.15) is 0 Å². The zero-order valence-corrected chi connectivity index (χ0v) is 10.6. The fraction of sp³-hybridized carbons (Fsp3) is 1.00. The highest BCUT2D eigenvalue weighted by Gasteiger charge is 2.12. The Morgan fingerprint density at radius 3 is 2.53 bits per heavy atom. The van der Waals surface area contributed by atoms with Crippen LogP contribution in [0.3, 0.4) is 0 Å². The summed E-state index contributed by atoms with van der Waals surface area (Å²) in [6.45, 7) is 7.34. The van der Waals surface area contributed by atoms with E-state index < -0.39 is 0 Å². The Labute approximate surface area is 95.4 Å². The first-order valence-electron chi connectivity index (χ1n) is 6.72. The van der Waals surface area contributed by atoms with E-state index in [2.05, 4.69) is 24.2 Å². The zero-order valence-electron chi connectivity index (χ0n) is 10.6. The molecule has 1 aliphatic rings. The molecule has 0 amide bonds. The lowest BCUT2D eigenvalue weighted by Gasteiger charge is -2.25. The third kappa shape index (κ3) is 6.16. The predicted octanol–water partition coefficient (Wildman–Crippen LogP) is 2.50. The molecule has 0 unspecified atom stereocenters. The van der Waals surface area contributed by atoms with Gasteiger partial charge in [0.05, 0.1) is 0 Å². The molecule has 2 heteroatoms. The molecule has 1 aliphatic heterocycles. The van der Waals surface area contributed by atoms with Gasteiger partial charge in [0, 0.05) is 0 Å². The van der Waals surface area contributed by atoms with E-state index in [1.165, 1.54) is 64.7 Å². The number of nitrogens with zero attached hydrogens (tertiary/aromatic N) is 1. The fourth-order valence-electron chi connectivity index (χ4n) is 2.32. The average molecular weight is 212 g/mol. The van der Waals surface area contributed by atoms with E-state index >= 15 is 0 Å². The second kappa shape index (κ2) is 8.12. The van der Waals surface area contributed by atoms with Crippen LogP contribution < -0.4 is 5.32 Å². The van der Waals surface area contributed by atoms with Gasteiger partial charge in [-0.15, -0.1) is 0 Å². The van der Waals surface area contributed by atoms with Gasteiger partial charge in [0.15, 0.2) is 0 Å². The zero-order chi connectivity index (χ0) is 10.9. The van der Waals surface area contributed by atoms with Crippen LogP contribution >= 0.6 is 0 Å². The molecular weight excluding hydrogens is 184 g/mol. The van der Waals surface area contributed by atoms with Crippen LogP contribution in [0.2, 0.25) is 0 Å². The first kappa shape index (κ1) is 13.0. The molecule has 1 N–H and O–H groups in total. The minimum Gasteiger partial charge on any atom is -0.317 e. The van der Waals surface area contributed by atoms with Crippen LogP contribution in [0.25, 0.3) is 0 Å². The van der Waals surface area contributed by atoms with Crippen LogP contribution in [-0.4, -0.2) is 38.1 Å². The molecule has 1 heterocycles. The molecule has 0 aromatic rings. The van der Waals surface area contributed by atoms with Crippen LogP contribution in [0.15, 0.2) is 0 Å². The minimum atomic E-state index is 0.986. The smallest absolute Gasteiger partial charge is 0.00191 e. The Bertz CT molecular complexity index is 141. The molecule has 1 rings (SSSR count). The summed E-state index contributed by atoms with van der Waals surface area (Å²) in [7, 11) is 2.27. The minimum absolute atomic E-state index is 0.986. The highest BCUT2D eigenvalue weighted by molar-refractivity contribution is 4.69. The molecule has 0 bridgehead atoms. The van der Waals surface area contributed by atoms with Gasteiger partial charge in [-0.3, -0.25) is 0 Å². The number of unbranched alkanes of at least 4 members (excludes halogenated alkanes) is 2. The highest BCUT2D eigenvalue weighted by atomic mass is 15.1. The third-order valence-corrected chi connectivity index (χ3v) is 3.52. The maximum Gasteiger partial charge on any atom is -0.00191 e. The fourth-order valence-corrected chi connectivity index (χ4v) is 2.32. The van der Waals surface area contributed by atoms with Crippen molar-refractivity contribution in [3.8, 4) is 0 Å². The lowest BCUT2D eigenvalue weighted by molar-refractivity contribution is 0.267. The molecule has 90 valence electrons. The molecule has 1 fully saturated rings. The van der Waals surface area contributed by atoms with Crippen molar-refractivity contribution in [3.63, 3.8) is 0 Å². The largest absolute Gasteiger partial charge is 0.317 e. The SMILES string of the molecule is CCCCCN(C)CCC1CCNCC1. The lowest BCUT2D eigenvalue weighted by atomic mass is 9.94. The van der Waals surface area contributed by atoms with Gasteiger partial charge in [0.2, 0.25) is 0 Å². The Morgan fingerprint density at radius 2 is 1.87 bits per heavy atom. The van der Waals surface area contributed by atoms with Gasteiger partial charge in [0.1, 0.15) is 0 Å². The summed E-state index contributed by atoms with van der Waals surface area (Å²) in [4.78, 5) is 2.51. The molecule has 0 aromatic carbocycles. The summed E-state index contributed by atoms with van der Waals surface area (Å²) in [5, 5.41) is 3.43. The number of nitrogens with one attached hydrogen (secondary N) is 1. The molecule has 2 nitrogen and oxygen atoms in total. The Kier molecular flexibility index (Phi) is 7.03. The van der Waals surface area contributed by atoms with Crippen molar-refractivity contribution in [2.24, 2.45) is 5.92 Å². The summed E-state index contributed by atoms with van der Waals surface area (Å²) in [6.07, 6.45) is 8.29. The quantitative estimate of drug-likeness (QED) is 0.652. The van der Waals surface area contributed by atoms with Gasteiger partial charge in [-0.05, 0) is 64.8 Å². The van der Waals surface area contributed by atoms with Crippen molar-refractivity contribution in [1.82, 2.24) is 10.2 Å². The first-order chi connectivity index (χ1) is 7.33. The van der Waals surface area contributed by atoms with Crippen molar-refractivity contribution >= 4 is 0 Å². The topological polar surface area (TPSA) is 15.3 Å². The Hall–Kier alpha value is -0.0800. The Morgan fingerprint density at radius 1 is 1.13 bits per heavy atom. The van der Waals surface area contributed by atoms with Gasteiger partial charge < -0.3 is 10.2 Å². The monoisotopic (exact) mass is 212 g/mol. The molecule has 0 radical (unpaired) electrons. The van der Waals surface area contributed by atoms with Crippen LogP contribution in [-0.2, 0) is 0 Å². The van der Waals surface area contributed by atoms with Crippen molar-refractivity contribution in [3.05, 3.63) is 0 Å². The van der Waals surface area contributed by atoms with Gasteiger partial charge >= 0.3 is 0 Å². The average Bonchev–Trinajstić information content (AvgIpc) is 2.28. The van der Waals surface area contributed by atoms with Gasteiger partial charge in [-0.1, -0.05) is 19.8 Å². The lowest BCUT2D eigenvalue weighted by Crippen LogP contribution is -2.30. The van der Waals surface area contributed by atoms with Gasteiger partial charge in [0.25, 0.3) is 0 Å². The van der Waals surface area contributed by atoms with E-state index in [9.17, 15) is 0 Å². The van der Waals surface area contributed by atoms with Crippen LogP contribution in [0.4, 0.5) is 0 Å². The summed E-state index contributed by atoms with van der Waals surface area (Å²) < 4.78 is 0. The van der Waals surface area contributed by atoms with Gasteiger partial charge in [-0.25, -0.2) is 0 Å². The summed E-state index contributed by atoms with van der Waals surface area (Å²) in [6, 6.07) is 0. The molecule has 0 aliphatic carbocycles. The van der Waals surface area contributed by atoms with E-state index in [-0.39, 0.29) is 0 Å². The second-order valence-corrected chi connectivity index (χ2v) is 4.99. The standard InChI is InChI=1S/C13H28N2/c1-3-4-5-11-15(2)12-8-13-6-9-14-10-7-13/h13-14H,3-12H2,1-2H3. The molecule has 0 spiro atoms. The van der Waals surface area contributed by atoms with E-state index in [1.807, 2.05) is 0 Å². The number of hydrogen-bond donors (Lipinski definition) is 1. The highest BCUT2D eigenvalue weighted by Crippen LogP contribution is 2.15.